The van der Waals surface area contributed by atoms with Gasteiger partial charge in [0.15, 0.2) is 0 Å². The van der Waals surface area contributed by atoms with E-state index >= 15 is 0 Å². The van der Waals surface area contributed by atoms with Gasteiger partial charge in [-0.25, -0.2) is 0 Å². The van der Waals surface area contributed by atoms with Crippen molar-refractivity contribution in [2.45, 2.75) is 13.8 Å². The molecular formula is C23H22Cl2Hf. The summed E-state index contributed by atoms with van der Waals surface area (Å²) in [6, 6.07) is 31.3. The van der Waals surface area contributed by atoms with Crippen LogP contribution in [0.25, 0.3) is 22.3 Å². The Kier molecular flexibility index (Phi) is 7.34. The van der Waals surface area contributed by atoms with Gasteiger partial charge in [0.05, 0.1) is 0 Å². The molecule has 4 aliphatic carbocycles. The van der Waals surface area contributed by atoms with Gasteiger partial charge in [-0.3, -0.25) is 0 Å². The summed E-state index contributed by atoms with van der Waals surface area (Å²) in [5.41, 5.74) is 5.61. The summed E-state index contributed by atoms with van der Waals surface area (Å²) in [4.78, 5) is 0. The van der Waals surface area contributed by atoms with E-state index in [4.69, 9.17) is 0 Å². The first kappa shape index (κ1) is 21.0. The van der Waals surface area contributed by atoms with Crippen molar-refractivity contribution in [2.75, 3.05) is 0 Å². The molecule has 4 aliphatic rings. The van der Waals surface area contributed by atoms with Crippen LogP contribution in [0.3, 0.4) is 0 Å². The number of hydrogen-bond acceptors (Lipinski definition) is 0. The van der Waals surface area contributed by atoms with Crippen LogP contribution in [0.4, 0.5) is 0 Å². The Bertz CT molecular complexity index is 912. The predicted octanol–water partition coefficient (Wildman–Crippen LogP) is 5.52. The summed E-state index contributed by atoms with van der Waals surface area (Å²) in [7, 11) is 0. The summed E-state index contributed by atoms with van der Waals surface area (Å²) in [6.07, 6.45) is 0. The standard InChI is InChI=1S/2C10H7.C3H6.2ClH.Hf/c2*1-2-5-9-7-4-8-10(9)6-3-1;1-3-2;;;/h2*1-7H;1-2H3;2*1H;. The van der Waals surface area contributed by atoms with Crippen molar-refractivity contribution in [1.82, 2.24) is 0 Å². The molecule has 0 saturated heterocycles. The molecule has 0 aliphatic heterocycles. The minimum atomic E-state index is -2.29. The first-order chi connectivity index (χ1) is 11.8. The van der Waals surface area contributed by atoms with Gasteiger partial charge in [-0.2, -0.15) is 0 Å². The van der Waals surface area contributed by atoms with E-state index < -0.39 is 21.0 Å². The van der Waals surface area contributed by atoms with Gasteiger partial charge in [0, 0.05) is 0 Å². The second-order valence-corrected chi connectivity index (χ2v) is 16.6. The Hall–Kier alpha value is -1.28. The van der Waals surface area contributed by atoms with Crippen LogP contribution in [0.2, 0.25) is 0 Å². The van der Waals surface area contributed by atoms with E-state index in [-0.39, 0.29) is 24.8 Å². The maximum Gasteiger partial charge on any atom is -0.147 e. The molecule has 0 spiro atoms. The molecule has 0 aromatic rings. The summed E-state index contributed by atoms with van der Waals surface area (Å²) < 4.78 is 4.87. The summed E-state index contributed by atoms with van der Waals surface area (Å²) in [5, 5.41) is 0. The Morgan fingerprint density at radius 3 is 1.38 bits per heavy atom. The average molecular weight is 548 g/mol. The fraction of sp³-hybridized carbons (Fsp3) is 0.0870. The normalized spacial score (nSPS) is 10.1. The van der Waals surface area contributed by atoms with Crippen molar-refractivity contribution < 1.29 is 21.0 Å². The SMILES string of the molecule is C[C](C)=[Hf]([c]1ccc2cccccc1-2)[c]1ccc2cccccc1-2.Cl.Cl. The zero-order valence-corrected chi connectivity index (χ0v) is 20.1. The predicted molar refractivity (Wildman–Crippen MR) is 116 cm³/mol. The fourth-order valence-corrected chi connectivity index (χ4v) is 13.8. The molecule has 0 fully saturated rings. The van der Waals surface area contributed by atoms with Crippen LogP contribution in [-0.2, 0) is 21.0 Å². The quantitative estimate of drug-likeness (QED) is 0.290. The van der Waals surface area contributed by atoms with E-state index in [0.717, 1.165) is 0 Å². The van der Waals surface area contributed by atoms with Gasteiger partial charge >= 0.3 is 152 Å². The minimum Gasteiger partial charge on any atom is -0.147 e. The molecule has 0 nitrogen and oxygen atoms in total. The van der Waals surface area contributed by atoms with Crippen LogP contribution in [0, 0.1) is 0 Å². The average Bonchev–Trinajstić information content (AvgIpc) is 2.94. The maximum absolute atomic E-state index is 2.39. The number of halogens is 2. The molecule has 0 amide bonds. The molecule has 0 atom stereocenters. The molecule has 26 heavy (non-hydrogen) atoms. The van der Waals surface area contributed by atoms with Crippen molar-refractivity contribution in [1.29, 1.82) is 0 Å². The van der Waals surface area contributed by atoms with Crippen molar-refractivity contribution in [3.8, 4) is 22.3 Å². The topological polar surface area (TPSA) is 0 Å². The zero-order valence-electron chi connectivity index (χ0n) is 14.9. The van der Waals surface area contributed by atoms with Crippen molar-refractivity contribution in [3.05, 3.63) is 84.9 Å². The second kappa shape index (κ2) is 9.08. The van der Waals surface area contributed by atoms with Gasteiger partial charge in [-0.15, -0.1) is 24.8 Å². The number of rotatable bonds is 2. The summed E-state index contributed by atoms with van der Waals surface area (Å²) in [5.74, 6) is 0. The van der Waals surface area contributed by atoms with Crippen molar-refractivity contribution >= 4 is 34.7 Å². The van der Waals surface area contributed by atoms with Gasteiger partial charge in [-0.05, 0) is 0 Å². The minimum absolute atomic E-state index is 0. The summed E-state index contributed by atoms with van der Waals surface area (Å²) in [6.45, 7) is 4.68. The van der Waals surface area contributed by atoms with E-state index in [2.05, 4.69) is 98.8 Å². The van der Waals surface area contributed by atoms with Crippen LogP contribution in [-0.4, -0.2) is 3.26 Å². The van der Waals surface area contributed by atoms with Crippen LogP contribution >= 0.6 is 24.8 Å². The van der Waals surface area contributed by atoms with Gasteiger partial charge in [0.25, 0.3) is 0 Å². The molecule has 0 heterocycles. The molecule has 3 heteroatoms. The van der Waals surface area contributed by atoms with E-state index in [1.54, 1.807) is 9.90 Å². The van der Waals surface area contributed by atoms with Gasteiger partial charge in [-0.1, -0.05) is 0 Å². The molecule has 0 bridgehead atoms. The Morgan fingerprint density at radius 2 is 0.962 bits per heavy atom. The Morgan fingerprint density at radius 1 is 0.538 bits per heavy atom. The molecular weight excluding hydrogens is 526 g/mol. The smallest absolute Gasteiger partial charge is 0.147 e. The van der Waals surface area contributed by atoms with E-state index in [9.17, 15) is 0 Å². The van der Waals surface area contributed by atoms with Crippen LogP contribution in [0.1, 0.15) is 13.8 Å². The van der Waals surface area contributed by atoms with Crippen LogP contribution < -0.4 is 6.64 Å². The molecule has 0 saturated carbocycles. The van der Waals surface area contributed by atoms with E-state index in [1.165, 1.54) is 22.3 Å². The van der Waals surface area contributed by atoms with Crippen molar-refractivity contribution in [2.24, 2.45) is 0 Å². The third kappa shape index (κ3) is 3.86. The van der Waals surface area contributed by atoms with E-state index in [1.807, 2.05) is 0 Å². The molecule has 132 valence electrons. The number of fused-ring (bicyclic) bond motifs is 2. The van der Waals surface area contributed by atoms with Gasteiger partial charge in [0.1, 0.15) is 0 Å². The maximum atomic E-state index is 2.39. The largest absolute Gasteiger partial charge is 0.147 e. The zero-order chi connectivity index (χ0) is 16.5. The molecule has 0 aromatic carbocycles. The molecule has 4 rings (SSSR count). The first-order valence-corrected chi connectivity index (χ1v) is 13.8. The number of hydrogen-bond donors (Lipinski definition) is 0. The molecule has 0 radical (unpaired) electrons. The van der Waals surface area contributed by atoms with Gasteiger partial charge < -0.3 is 0 Å². The van der Waals surface area contributed by atoms with Crippen LogP contribution in [0.5, 0.6) is 0 Å². The third-order valence-corrected chi connectivity index (χ3v) is 15.2. The van der Waals surface area contributed by atoms with Gasteiger partial charge in [0.2, 0.25) is 0 Å². The molecule has 0 aromatic heterocycles. The molecule has 0 N–H and O–H groups in total. The van der Waals surface area contributed by atoms with E-state index in [0.29, 0.717) is 0 Å². The second-order valence-electron chi connectivity index (χ2n) is 6.43. The Labute approximate surface area is 175 Å². The first-order valence-electron chi connectivity index (χ1n) is 8.39. The third-order valence-electron chi connectivity index (χ3n) is 4.62. The monoisotopic (exact) mass is 548 g/mol. The Balaban J connectivity index is 0.00000121. The van der Waals surface area contributed by atoms with Crippen molar-refractivity contribution in [3.63, 3.8) is 0 Å². The fourth-order valence-electron chi connectivity index (χ4n) is 3.55. The molecule has 0 unspecified atom stereocenters. The van der Waals surface area contributed by atoms with Crippen LogP contribution in [0.15, 0.2) is 84.9 Å². The summed E-state index contributed by atoms with van der Waals surface area (Å²) >= 11 is -2.29.